The first-order chi connectivity index (χ1) is 7.24. The SMILES string of the molecule is COCCONCc1ccc(Cl)c(F)c1. The first-order valence-corrected chi connectivity index (χ1v) is 4.89. The van der Waals surface area contributed by atoms with Crippen molar-refractivity contribution < 1.29 is 14.0 Å². The smallest absolute Gasteiger partial charge is 0.142 e. The summed E-state index contributed by atoms with van der Waals surface area (Å²) in [6, 6.07) is 4.62. The van der Waals surface area contributed by atoms with Gasteiger partial charge in [0.1, 0.15) is 5.82 Å². The summed E-state index contributed by atoms with van der Waals surface area (Å²) >= 11 is 5.54. The third-order valence-electron chi connectivity index (χ3n) is 1.75. The first-order valence-electron chi connectivity index (χ1n) is 4.51. The standard InChI is InChI=1S/C10H13ClFNO2/c1-14-4-5-15-13-7-8-2-3-9(11)10(12)6-8/h2-3,6,13H,4-5,7H2,1H3. The van der Waals surface area contributed by atoms with Crippen LogP contribution in [0.4, 0.5) is 4.39 Å². The van der Waals surface area contributed by atoms with E-state index >= 15 is 0 Å². The van der Waals surface area contributed by atoms with Gasteiger partial charge >= 0.3 is 0 Å². The van der Waals surface area contributed by atoms with E-state index in [9.17, 15) is 4.39 Å². The van der Waals surface area contributed by atoms with Gasteiger partial charge in [0.25, 0.3) is 0 Å². The largest absolute Gasteiger partial charge is 0.382 e. The maximum absolute atomic E-state index is 13.0. The molecular weight excluding hydrogens is 221 g/mol. The molecule has 1 rings (SSSR count). The van der Waals surface area contributed by atoms with Gasteiger partial charge in [-0.2, -0.15) is 5.48 Å². The molecule has 0 saturated carbocycles. The van der Waals surface area contributed by atoms with Gasteiger partial charge in [0.2, 0.25) is 0 Å². The molecule has 1 aromatic carbocycles. The van der Waals surface area contributed by atoms with E-state index in [1.54, 1.807) is 13.2 Å². The van der Waals surface area contributed by atoms with Crippen LogP contribution < -0.4 is 5.48 Å². The molecule has 0 aliphatic carbocycles. The highest BCUT2D eigenvalue weighted by molar-refractivity contribution is 6.30. The van der Waals surface area contributed by atoms with Gasteiger partial charge in [0, 0.05) is 13.7 Å². The molecular formula is C10H13ClFNO2. The van der Waals surface area contributed by atoms with Gasteiger partial charge < -0.3 is 4.74 Å². The number of rotatable bonds is 6. The zero-order valence-electron chi connectivity index (χ0n) is 8.43. The van der Waals surface area contributed by atoms with Crippen molar-refractivity contribution in [1.82, 2.24) is 5.48 Å². The van der Waals surface area contributed by atoms with E-state index in [1.807, 2.05) is 0 Å². The number of hydroxylamine groups is 1. The van der Waals surface area contributed by atoms with Crippen molar-refractivity contribution in [2.24, 2.45) is 0 Å². The van der Waals surface area contributed by atoms with Crippen molar-refractivity contribution in [3.8, 4) is 0 Å². The average molecular weight is 234 g/mol. The number of nitrogens with one attached hydrogen (secondary N) is 1. The maximum Gasteiger partial charge on any atom is 0.142 e. The zero-order valence-corrected chi connectivity index (χ0v) is 9.18. The van der Waals surface area contributed by atoms with E-state index in [1.165, 1.54) is 12.1 Å². The van der Waals surface area contributed by atoms with E-state index in [0.29, 0.717) is 19.8 Å². The lowest BCUT2D eigenvalue weighted by molar-refractivity contribution is 0.00344. The second-order valence-electron chi connectivity index (χ2n) is 2.91. The van der Waals surface area contributed by atoms with Crippen molar-refractivity contribution in [3.05, 3.63) is 34.6 Å². The molecule has 0 heterocycles. The molecule has 0 atom stereocenters. The molecule has 0 bridgehead atoms. The number of hydrogen-bond donors (Lipinski definition) is 1. The third kappa shape index (κ3) is 4.57. The molecule has 0 aliphatic rings. The maximum atomic E-state index is 13.0. The van der Waals surface area contributed by atoms with Crippen LogP contribution in [-0.4, -0.2) is 20.3 Å². The van der Waals surface area contributed by atoms with E-state index in [4.69, 9.17) is 21.2 Å². The molecule has 3 nitrogen and oxygen atoms in total. The van der Waals surface area contributed by atoms with Crippen LogP contribution in [-0.2, 0) is 16.1 Å². The quantitative estimate of drug-likeness (QED) is 0.603. The molecule has 0 fully saturated rings. The Labute approximate surface area is 93.1 Å². The van der Waals surface area contributed by atoms with E-state index in [0.717, 1.165) is 5.56 Å². The van der Waals surface area contributed by atoms with Gasteiger partial charge in [-0.1, -0.05) is 17.7 Å². The summed E-state index contributed by atoms with van der Waals surface area (Å²) in [5.41, 5.74) is 3.47. The van der Waals surface area contributed by atoms with Crippen LogP contribution >= 0.6 is 11.6 Å². The lowest BCUT2D eigenvalue weighted by Gasteiger charge is -2.05. The van der Waals surface area contributed by atoms with Gasteiger partial charge in [-0.3, -0.25) is 4.84 Å². The molecule has 1 N–H and O–H groups in total. The van der Waals surface area contributed by atoms with Gasteiger partial charge in [-0.05, 0) is 17.7 Å². The van der Waals surface area contributed by atoms with Crippen LogP contribution in [0.5, 0.6) is 0 Å². The Bertz CT molecular complexity index is 309. The van der Waals surface area contributed by atoms with Gasteiger partial charge in [-0.25, -0.2) is 4.39 Å². The predicted molar refractivity (Wildman–Crippen MR) is 56.1 cm³/mol. The number of benzene rings is 1. The Morgan fingerprint density at radius 3 is 2.87 bits per heavy atom. The number of hydrogen-bond acceptors (Lipinski definition) is 3. The fourth-order valence-electron chi connectivity index (χ4n) is 0.981. The van der Waals surface area contributed by atoms with Crippen molar-refractivity contribution in [3.63, 3.8) is 0 Å². The molecule has 0 aliphatic heterocycles. The van der Waals surface area contributed by atoms with Crippen molar-refractivity contribution >= 4 is 11.6 Å². The fourth-order valence-corrected chi connectivity index (χ4v) is 1.10. The molecule has 0 radical (unpaired) electrons. The minimum atomic E-state index is -0.423. The normalized spacial score (nSPS) is 10.6. The molecule has 1 aromatic rings. The minimum Gasteiger partial charge on any atom is -0.382 e. The van der Waals surface area contributed by atoms with Gasteiger partial charge in [0.05, 0.1) is 18.2 Å². The Balaban J connectivity index is 2.28. The fraction of sp³-hybridized carbons (Fsp3) is 0.400. The van der Waals surface area contributed by atoms with Crippen LogP contribution in [0.15, 0.2) is 18.2 Å². The van der Waals surface area contributed by atoms with Crippen LogP contribution in [0, 0.1) is 5.82 Å². The highest BCUT2D eigenvalue weighted by Crippen LogP contribution is 2.15. The molecule has 15 heavy (non-hydrogen) atoms. The Morgan fingerprint density at radius 1 is 1.40 bits per heavy atom. The Kier molecular flexibility index (Phi) is 5.57. The van der Waals surface area contributed by atoms with Crippen molar-refractivity contribution in [2.45, 2.75) is 6.54 Å². The molecule has 0 spiro atoms. The van der Waals surface area contributed by atoms with Crippen LogP contribution in [0.2, 0.25) is 5.02 Å². The molecule has 0 aromatic heterocycles. The molecule has 0 saturated heterocycles. The predicted octanol–water partition coefficient (Wildman–Crippen LogP) is 2.15. The number of ether oxygens (including phenoxy) is 1. The Morgan fingerprint density at radius 2 is 2.20 bits per heavy atom. The monoisotopic (exact) mass is 233 g/mol. The lowest BCUT2D eigenvalue weighted by Crippen LogP contribution is -2.17. The van der Waals surface area contributed by atoms with E-state index < -0.39 is 5.82 Å². The number of halogens is 2. The van der Waals surface area contributed by atoms with Crippen molar-refractivity contribution in [2.75, 3.05) is 20.3 Å². The summed E-state index contributed by atoms with van der Waals surface area (Å²) in [6.07, 6.45) is 0. The molecule has 84 valence electrons. The first kappa shape index (κ1) is 12.4. The Hall–Kier alpha value is -0.680. The van der Waals surface area contributed by atoms with Crippen molar-refractivity contribution in [1.29, 1.82) is 0 Å². The summed E-state index contributed by atoms with van der Waals surface area (Å²) in [5, 5.41) is 0.124. The summed E-state index contributed by atoms with van der Waals surface area (Å²) in [6.45, 7) is 1.40. The van der Waals surface area contributed by atoms with E-state index in [-0.39, 0.29) is 5.02 Å². The molecule has 0 unspecified atom stereocenters. The molecule has 5 heteroatoms. The van der Waals surface area contributed by atoms with Crippen LogP contribution in [0.1, 0.15) is 5.56 Å². The summed E-state index contributed by atoms with van der Waals surface area (Å²) in [4.78, 5) is 5.02. The average Bonchev–Trinajstić information content (AvgIpc) is 2.23. The summed E-state index contributed by atoms with van der Waals surface area (Å²) < 4.78 is 17.8. The van der Waals surface area contributed by atoms with Gasteiger partial charge in [0.15, 0.2) is 0 Å². The summed E-state index contributed by atoms with van der Waals surface area (Å²) in [5.74, 6) is -0.423. The van der Waals surface area contributed by atoms with Crippen LogP contribution in [0.3, 0.4) is 0 Å². The third-order valence-corrected chi connectivity index (χ3v) is 2.06. The second-order valence-corrected chi connectivity index (χ2v) is 3.32. The van der Waals surface area contributed by atoms with E-state index in [2.05, 4.69) is 5.48 Å². The van der Waals surface area contributed by atoms with Gasteiger partial charge in [-0.15, -0.1) is 0 Å². The van der Waals surface area contributed by atoms with Crippen LogP contribution in [0.25, 0.3) is 0 Å². The lowest BCUT2D eigenvalue weighted by atomic mass is 10.2. The molecule has 0 amide bonds. The zero-order chi connectivity index (χ0) is 11.1. The topological polar surface area (TPSA) is 30.5 Å². The highest BCUT2D eigenvalue weighted by atomic mass is 35.5. The summed E-state index contributed by atoms with van der Waals surface area (Å²) in [7, 11) is 1.60. The highest BCUT2D eigenvalue weighted by Gasteiger charge is 2.00. The number of methoxy groups -OCH3 is 1. The second kappa shape index (κ2) is 6.74. The minimum absolute atomic E-state index is 0.124.